The van der Waals surface area contributed by atoms with E-state index in [1.807, 2.05) is 4.90 Å². The SMILES string of the molecule is COC(=O)C1=C(CN2CCn3c(c(O)[nH]c3=O)C2)NC(c2nccs2)=N[C@H]1c1ccc(F)cc1Cl. The first kappa shape index (κ1) is 23.3. The number of rotatable bonds is 5. The van der Waals surface area contributed by atoms with Crippen molar-refractivity contribution in [2.75, 3.05) is 20.2 Å². The monoisotopic (exact) mass is 518 g/mol. The van der Waals surface area contributed by atoms with Crippen molar-refractivity contribution in [2.45, 2.75) is 19.1 Å². The summed E-state index contributed by atoms with van der Waals surface area (Å²) in [5, 5.41) is 15.9. The predicted molar refractivity (Wildman–Crippen MR) is 127 cm³/mol. The molecule has 0 unspecified atom stereocenters. The predicted octanol–water partition coefficient (Wildman–Crippen LogP) is 2.17. The standard InChI is InChI=1S/C22H20ClFN6O4S/c1-34-21(32)16-14(9-29-5-6-30-15(10-29)19(31)28-22(30)33)26-18(20-25-4-7-35-20)27-17(16)12-3-2-11(24)8-13(12)23/h2-4,7-8,17,31H,5-6,9-10H2,1H3,(H,26,27)(H,28,33)/t17-/m0/s1. The number of halogens is 2. The molecule has 0 radical (unpaired) electrons. The molecule has 35 heavy (non-hydrogen) atoms. The summed E-state index contributed by atoms with van der Waals surface area (Å²) < 4.78 is 20.3. The van der Waals surface area contributed by atoms with Gasteiger partial charge in [-0.2, -0.15) is 0 Å². The number of thiazole rings is 1. The van der Waals surface area contributed by atoms with Crippen LogP contribution in [0.1, 0.15) is 22.3 Å². The summed E-state index contributed by atoms with van der Waals surface area (Å²) in [4.78, 5) is 38.4. The van der Waals surface area contributed by atoms with E-state index in [0.717, 1.165) is 0 Å². The number of hydrogen-bond acceptors (Lipinski definition) is 9. The minimum atomic E-state index is -0.866. The second-order valence-electron chi connectivity index (χ2n) is 7.98. The van der Waals surface area contributed by atoms with Crippen LogP contribution in [0.25, 0.3) is 0 Å². The average molecular weight is 519 g/mol. The molecule has 0 saturated carbocycles. The minimum absolute atomic E-state index is 0.124. The zero-order valence-electron chi connectivity index (χ0n) is 18.4. The van der Waals surface area contributed by atoms with Crippen molar-refractivity contribution < 1.29 is 19.0 Å². The number of benzene rings is 1. The van der Waals surface area contributed by atoms with Gasteiger partial charge in [-0.15, -0.1) is 11.3 Å². The first-order valence-electron chi connectivity index (χ1n) is 10.6. The maximum atomic E-state index is 13.8. The van der Waals surface area contributed by atoms with Crippen LogP contribution < -0.4 is 11.0 Å². The number of carbonyl (C=O) groups excluding carboxylic acids is 1. The quantitative estimate of drug-likeness (QED) is 0.442. The number of fused-ring (bicyclic) bond motifs is 1. The lowest BCUT2D eigenvalue weighted by Gasteiger charge is -2.32. The fraction of sp³-hybridized carbons (Fsp3) is 0.273. The Kier molecular flexibility index (Phi) is 6.17. The molecule has 2 aromatic heterocycles. The Bertz CT molecular complexity index is 1410. The van der Waals surface area contributed by atoms with Crippen LogP contribution in [0.4, 0.5) is 4.39 Å². The molecule has 3 N–H and O–H groups in total. The fourth-order valence-electron chi connectivity index (χ4n) is 4.25. The summed E-state index contributed by atoms with van der Waals surface area (Å²) in [6, 6.07) is 3.06. The number of esters is 1. The maximum Gasteiger partial charge on any atom is 0.338 e. The van der Waals surface area contributed by atoms with Crippen molar-refractivity contribution in [1.29, 1.82) is 0 Å². The summed E-state index contributed by atoms with van der Waals surface area (Å²) in [5.74, 6) is -0.865. The second kappa shape index (κ2) is 9.29. The number of imidazole rings is 1. The van der Waals surface area contributed by atoms with Gasteiger partial charge >= 0.3 is 11.7 Å². The van der Waals surface area contributed by atoms with Gasteiger partial charge in [-0.05, 0) is 12.1 Å². The normalized spacial score (nSPS) is 18.1. The summed E-state index contributed by atoms with van der Waals surface area (Å²) in [7, 11) is 1.27. The Morgan fingerprint density at radius 2 is 2.23 bits per heavy atom. The van der Waals surface area contributed by atoms with Crippen LogP contribution in [0.5, 0.6) is 5.88 Å². The zero-order chi connectivity index (χ0) is 24.7. The van der Waals surface area contributed by atoms with E-state index in [9.17, 15) is 19.1 Å². The van der Waals surface area contributed by atoms with Crippen molar-refractivity contribution in [3.63, 3.8) is 0 Å². The van der Waals surface area contributed by atoms with Crippen LogP contribution in [0.3, 0.4) is 0 Å². The van der Waals surface area contributed by atoms with E-state index in [2.05, 4.69) is 15.3 Å². The number of aliphatic imine (C=N–C) groups is 1. The molecule has 0 fully saturated rings. The van der Waals surface area contributed by atoms with Crippen molar-refractivity contribution in [3.05, 3.63) is 78.6 Å². The maximum absolute atomic E-state index is 13.8. The van der Waals surface area contributed by atoms with E-state index in [-0.39, 0.29) is 35.3 Å². The van der Waals surface area contributed by atoms with Gasteiger partial charge in [0.05, 0.1) is 18.4 Å². The zero-order valence-corrected chi connectivity index (χ0v) is 20.0. The van der Waals surface area contributed by atoms with Gasteiger partial charge in [0.2, 0.25) is 5.88 Å². The van der Waals surface area contributed by atoms with Crippen molar-refractivity contribution in [1.82, 2.24) is 24.8 Å². The number of ether oxygens (including phenoxy) is 1. The van der Waals surface area contributed by atoms with Gasteiger partial charge in [-0.1, -0.05) is 17.7 Å². The van der Waals surface area contributed by atoms with E-state index in [1.165, 1.54) is 41.2 Å². The van der Waals surface area contributed by atoms with Gasteiger partial charge in [0.1, 0.15) is 11.9 Å². The molecule has 0 amide bonds. The van der Waals surface area contributed by atoms with Crippen LogP contribution in [0.2, 0.25) is 5.02 Å². The van der Waals surface area contributed by atoms with Crippen LogP contribution >= 0.6 is 22.9 Å². The Hall–Kier alpha value is -3.48. The number of nitrogens with one attached hydrogen (secondary N) is 2. The highest BCUT2D eigenvalue weighted by Crippen LogP contribution is 2.37. The number of nitrogens with zero attached hydrogens (tertiary/aromatic N) is 4. The highest BCUT2D eigenvalue weighted by Gasteiger charge is 2.35. The summed E-state index contributed by atoms with van der Waals surface area (Å²) in [5.41, 5.74) is 1.27. The average Bonchev–Trinajstić information content (AvgIpc) is 3.47. The van der Waals surface area contributed by atoms with E-state index >= 15 is 0 Å². The summed E-state index contributed by atoms with van der Waals surface area (Å²) >= 11 is 7.74. The first-order valence-corrected chi connectivity index (χ1v) is 11.9. The van der Waals surface area contributed by atoms with Crippen LogP contribution in [0.15, 0.2) is 50.8 Å². The molecule has 4 heterocycles. The fourth-order valence-corrected chi connectivity index (χ4v) is 5.11. The molecule has 182 valence electrons. The number of H-pyrrole nitrogens is 1. The van der Waals surface area contributed by atoms with Gasteiger partial charge in [0.15, 0.2) is 10.8 Å². The molecule has 0 bridgehead atoms. The van der Waals surface area contributed by atoms with Crippen LogP contribution in [0, 0.1) is 5.82 Å². The molecule has 10 nitrogen and oxygen atoms in total. The smallest absolute Gasteiger partial charge is 0.338 e. The lowest BCUT2D eigenvalue weighted by molar-refractivity contribution is -0.136. The molecule has 1 aromatic carbocycles. The van der Waals surface area contributed by atoms with Gasteiger partial charge in [-0.3, -0.25) is 19.4 Å². The van der Waals surface area contributed by atoms with Crippen molar-refractivity contribution in [3.8, 4) is 5.88 Å². The number of amidine groups is 1. The van der Waals surface area contributed by atoms with Gasteiger partial charge in [0, 0.05) is 54.0 Å². The highest BCUT2D eigenvalue weighted by atomic mass is 35.5. The van der Waals surface area contributed by atoms with Gasteiger partial charge in [0.25, 0.3) is 0 Å². The lowest BCUT2D eigenvalue weighted by atomic mass is 9.95. The third-order valence-corrected chi connectivity index (χ3v) is 7.00. The van der Waals surface area contributed by atoms with E-state index < -0.39 is 17.8 Å². The number of aromatic nitrogens is 3. The molecule has 0 saturated heterocycles. The molecule has 0 aliphatic carbocycles. The molecule has 2 aliphatic heterocycles. The number of carbonyl (C=O) groups is 1. The Morgan fingerprint density at radius 3 is 2.94 bits per heavy atom. The van der Waals surface area contributed by atoms with Crippen molar-refractivity contribution >= 4 is 34.7 Å². The summed E-state index contributed by atoms with van der Waals surface area (Å²) in [6.07, 6.45) is 1.64. The lowest BCUT2D eigenvalue weighted by Crippen LogP contribution is -2.43. The van der Waals surface area contributed by atoms with Gasteiger partial charge in [-0.25, -0.2) is 19.0 Å². The molecule has 3 aromatic rings. The highest BCUT2D eigenvalue weighted by molar-refractivity contribution is 7.11. The van der Waals surface area contributed by atoms with E-state index in [0.29, 0.717) is 40.9 Å². The Labute approximate surface area is 207 Å². The van der Waals surface area contributed by atoms with Crippen LogP contribution in [-0.4, -0.2) is 56.5 Å². The molecule has 2 aliphatic rings. The van der Waals surface area contributed by atoms with Gasteiger partial charge < -0.3 is 15.2 Å². The first-order chi connectivity index (χ1) is 16.9. The third kappa shape index (κ3) is 4.35. The molecule has 13 heteroatoms. The Morgan fingerprint density at radius 1 is 1.40 bits per heavy atom. The summed E-state index contributed by atoms with van der Waals surface area (Å²) in [6.45, 7) is 1.39. The van der Waals surface area contributed by atoms with Crippen molar-refractivity contribution in [2.24, 2.45) is 4.99 Å². The van der Waals surface area contributed by atoms with E-state index in [4.69, 9.17) is 21.3 Å². The number of aromatic hydroxyl groups is 1. The third-order valence-electron chi connectivity index (χ3n) is 5.89. The molecule has 0 spiro atoms. The Balaban J connectivity index is 1.58. The number of methoxy groups -OCH3 is 1. The largest absolute Gasteiger partial charge is 0.493 e. The molecule has 1 atom stereocenters. The van der Waals surface area contributed by atoms with Crippen LogP contribution in [-0.2, 0) is 22.6 Å². The second-order valence-corrected chi connectivity index (χ2v) is 9.28. The molecular weight excluding hydrogens is 499 g/mol. The number of aromatic amines is 1. The topological polar surface area (TPSA) is 125 Å². The molecular formula is C22H20ClFN6O4S. The molecule has 5 rings (SSSR count). The van der Waals surface area contributed by atoms with E-state index in [1.54, 1.807) is 11.6 Å². The number of hydrogen-bond donors (Lipinski definition) is 3. The minimum Gasteiger partial charge on any atom is -0.493 e.